The van der Waals surface area contributed by atoms with Gasteiger partial charge in [-0.15, -0.1) is 0 Å². The van der Waals surface area contributed by atoms with Crippen LogP contribution in [-0.2, 0) is 22.7 Å². The summed E-state index contributed by atoms with van der Waals surface area (Å²) in [5.74, 6) is -0.353. The van der Waals surface area contributed by atoms with E-state index in [1.165, 1.54) is 11.8 Å². The second kappa shape index (κ2) is 8.14. The Labute approximate surface area is 158 Å². The van der Waals surface area contributed by atoms with E-state index < -0.39 is 0 Å². The van der Waals surface area contributed by atoms with E-state index >= 15 is 0 Å². The Balaban J connectivity index is 1.95. The highest BCUT2D eigenvalue weighted by atomic mass is 16.5. The topological polar surface area (TPSA) is 64.4 Å². The number of hydrogen-bond donors (Lipinski definition) is 0. The zero-order chi connectivity index (χ0) is 19.4. The molecule has 0 atom stereocenters. The monoisotopic (exact) mass is 365 g/mol. The minimum absolute atomic E-state index is 0.0742. The smallest absolute Gasteiger partial charge is 0.319 e. The van der Waals surface area contributed by atoms with Crippen molar-refractivity contribution in [3.63, 3.8) is 0 Å². The van der Waals surface area contributed by atoms with Crippen LogP contribution in [0.3, 0.4) is 0 Å². The maximum absolute atomic E-state index is 12.8. The van der Waals surface area contributed by atoms with Crippen LogP contribution >= 0.6 is 0 Å². The summed E-state index contributed by atoms with van der Waals surface area (Å²) >= 11 is 0. The first-order valence-corrected chi connectivity index (χ1v) is 8.79. The Morgan fingerprint density at radius 3 is 2.44 bits per heavy atom. The molecule has 0 unspecified atom stereocenters. The first-order chi connectivity index (χ1) is 13.0. The van der Waals surface area contributed by atoms with E-state index in [0.717, 1.165) is 22.2 Å². The van der Waals surface area contributed by atoms with Crippen LogP contribution in [-0.4, -0.2) is 34.3 Å². The quantitative estimate of drug-likeness (QED) is 0.629. The maximum atomic E-state index is 12.8. The highest BCUT2D eigenvalue weighted by Gasteiger charge is 2.16. The van der Waals surface area contributed by atoms with Gasteiger partial charge >= 0.3 is 5.97 Å². The van der Waals surface area contributed by atoms with E-state index in [4.69, 9.17) is 4.74 Å². The summed E-state index contributed by atoms with van der Waals surface area (Å²) in [4.78, 5) is 26.6. The standard InChI is InChI=1S/C21H23N3O3/c1-15-8-4-5-9-17(15)12-23(13-20(25)27-3)14-24-21(26)19-11-7-6-10-18(19)16(2)22-24/h4-11H,12-14H2,1-3H3. The molecule has 0 aliphatic heterocycles. The molecule has 6 nitrogen and oxygen atoms in total. The molecule has 1 aromatic heterocycles. The number of carbonyl (C=O) groups is 1. The second-order valence-corrected chi connectivity index (χ2v) is 6.57. The van der Waals surface area contributed by atoms with Crippen LogP contribution in [0.1, 0.15) is 16.8 Å². The van der Waals surface area contributed by atoms with E-state index in [1.807, 2.05) is 61.2 Å². The normalized spacial score (nSPS) is 11.1. The Morgan fingerprint density at radius 2 is 1.74 bits per heavy atom. The third-order valence-electron chi connectivity index (χ3n) is 4.62. The number of hydrogen-bond acceptors (Lipinski definition) is 5. The molecular formula is C21H23N3O3. The number of rotatable bonds is 6. The lowest BCUT2D eigenvalue weighted by molar-refractivity contribution is -0.142. The number of methoxy groups -OCH3 is 1. The predicted octanol–water partition coefficient (Wildman–Crippen LogP) is 2.65. The van der Waals surface area contributed by atoms with Gasteiger partial charge in [-0.3, -0.25) is 14.5 Å². The van der Waals surface area contributed by atoms with Gasteiger partial charge in [-0.25, -0.2) is 4.68 Å². The Morgan fingerprint density at radius 1 is 1.07 bits per heavy atom. The van der Waals surface area contributed by atoms with Crippen molar-refractivity contribution < 1.29 is 9.53 Å². The second-order valence-electron chi connectivity index (χ2n) is 6.57. The summed E-state index contributed by atoms with van der Waals surface area (Å²) in [6, 6.07) is 15.4. The summed E-state index contributed by atoms with van der Waals surface area (Å²) in [7, 11) is 1.36. The van der Waals surface area contributed by atoms with Crippen LogP contribution in [0.2, 0.25) is 0 Å². The summed E-state index contributed by atoms with van der Waals surface area (Å²) < 4.78 is 6.24. The predicted molar refractivity (Wildman–Crippen MR) is 104 cm³/mol. The number of nitrogens with zero attached hydrogens (tertiary/aromatic N) is 3. The van der Waals surface area contributed by atoms with Crippen LogP contribution < -0.4 is 5.56 Å². The van der Waals surface area contributed by atoms with Crippen molar-refractivity contribution in [1.29, 1.82) is 0 Å². The zero-order valence-corrected chi connectivity index (χ0v) is 15.8. The third kappa shape index (κ3) is 4.23. The first kappa shape index (κ1) is 18.8. The molecule has 2 aromatic carbocycles. The largest absolute Gasteiger partial charge is 0.468 e. The van der Waals surface area contributed by atoms with E-state index in [2.05, 4.69) is 5.10 Å². The van der Waals surface area contributed by atoms with Crippen molar-refractivity contribution in [2.75, 3.05) is 13.7 Å². The molecule has 1 heterocycles. The molecule has 6 heteroatoms. The van der Waals surface area contributed by atoms with Crippen LogP contribution in [0.25, 0.3) is 10.8 Å². The van der Waals surface area contributed by atoms with Crippen LogP contribution in [0.4, 0.5) is 0 Å². The Hall–Kier alpha value is -2.99. The summed E-state index contributed by atoms with van der Waals surface area (Å²) in [5, 5.41) is 5.92. The number of aromatic nitrogens is 2. The van der Waals surface area contributed by atoms with Gasteiger partial charge in [0.25, 0.3) is 5.56 Å². The third-order valence-corrected chi connectivity index (χ3v) is 4.62. The average Bonchev–Trinajstić information content (AvgIpc) is 2.67. The van der Waals surface area contributed by atoms with Gasteiger partial charge in [0.1, 0.15) is 0 Å². The molecule has 3 aromatic rings. The molecule has 0 aliphatic rings. The minimum atomic E-state index is -0.353. The van der Waals surface area contributed by atoms with Crippen molar-refractivity contribution in [2.24, 2.45) is 0 Å². The SMILES string of the molecule is COC(=O)CN(Cc1ccccc1C)Cn1nc(C)c2ccccc2c1=O. The fourth-order valence-corrected chi connectivity index (χ4v) is 3.12. The average molecular weight is 365 g/mol. The van der Waals surface area contributed by atoms with E-state index in [1.54, 1.807) is 6.07 Å². The number of esters is 1. The number of aryl methyl sites for hydroxylation is 2. The number of ether oxygens (including phenoxy) is 1. The van der Waals surface area contributed by atoms with Gasteiger partial charge in [0.2, 0.25) is 0 Å². The molecule has 140 valence electrons. The molecule has 27 heavy (non-hydrogen) atoms. The summed E-state index contributed by atoms with van der Waals surface area (Å²) in [6.45, 7) is 4.70. The van der Waals surface area contributed by atoms with Crippen LogP contribution in [0.5, 0.6) is 0 Å². The van der Waals surface area contributed by atoms with Gasteiger partial charge in [-0.05, 0) is 31.0 Å². The lowest BCUT2D eigenvalue weighted by atomic mass is 10.1. The summed E-state index contributed by atoms with van der Waals surface area (Å²) in [6.07, 6.45) is 0. The molecule has 0 N–H and O–H groups in total. The molecule has 0 amide bonds. The molecular weight excluding hydrogens is 342 g/mol. The molecule has 0 bridgehead atoms. The molecule has 0 spiro atoms. The van der Waals surface area contributed by atoms with E-state index in [-0.39, 0.29) is 24.7 Å². The van der Waals surface area contributed by atoms with Gasteiger partial charge in [-0.2, -0.15) is 5.10 Å². The summed E-state index contributed by atoms with van der Waals surface area (Å²) in [5.41, 5.74) is 2.82. The van der Waals surface area contributed by atoms with Gasteiger partial charge < -0.3 is 4.74 Å². The first-order valence-electron chi connectivity index (χ1n) is 8.79. The molecule has 0 aliphatic carbocycles. The minimum Gasteiger partial charge on any atom is -0.468 e. The number of fused-ring (bicyclic) bond motifs is 1. The Kier molecular flexibility index (Phi) is 5.66. The fourth-order valence-electron chi connectivity index (χ4n) is 3.12. The zero-order valence-electron chi connectivity index (χ0n) is 15.8. The highest BCUT2D eigenvalue weighted by Crippen LogP contribution is 2.14. The maximum Gasteiger partial charge on any atom is 0.319 e. The van der Waals surface area contributed by atoms with Crippen LogP contribution in [0, 0.1) is 13.8 Å². The molecule has 0 saturated heterocycles. The highest BCUT2D eigenvalue weighted by molar-refractivity contribution is 5.83. The van der Waals surface area contributed by atoms with Crippen molar-refractivity contribution in [2.45, 2.75) is 27.1 Å². The lowest BCUT2D eigenvalue weighted by Gasteiger charge is -2.23. The fraction of sp³-hybridized carbons (Fsp3) is 0.286. The van der Waals surface area contributed by atoms with Crippen molar-refractivity contribution in [1.82, 2.24) is 14.7 Å². The van der Waals surface area contributed by atoms with Crippen molar-refractivity contribution >= 4 is 16.7 Å². The molecule has 3 rings (SSSR count). The van der Waals surface area contributed by atoms with Crippen LogP contribution in [0.15, 0.2) is 53.3 Å². The van der Waals surface area contributed by atoms with Gasteiger partial charge in [0, 0.05) is 11.9 Å². The number of carbonyl (C=O) groups excluding carboxylic acids is 1. The molecule has 0 saturated carbocycles. The van der Waals surface area contributed by atoms with Crippen molar-refractivity contribution in [3.05, 3.63) is 75.7 Å². The number of benzene rings is 2. The molecule has 0 radical (unpaired) electrons. The van der Waals surface area contributed by atoms with Gasteiger partial charge in [0.05, 0.1) is 31.4 Å². The van der Waals surface area contributed by atoms with Gasteiger partial charge in [0.15, 0.2) is 0 Å². The van der Waals surface area contributed by atoms with E-state index in [0.29, 0.717) is 11.9 Å². The molecule has 0 fully saturated rings. The lowest BCUT2D eigenvalue weighted by Crippen LogP contribution is -2.37. The van der Waals surface area contributed by atoms with Crippen molar-refractivity contribution in [3.8, 4) is 0 Å². The van der Waals surface area contributed by atoms with E-state index in [9.17, 15) is 9.59 Å². The van der Waals surface area contributed by atoms with Gasteiger partial charge in [-0.1, -0.05) is 42.5 Å². The Bertz CT molecular complexity index is 1030.